The quantitative estimate of drug-likeness (QED) is 0.343. The zero-order valence-electron chi connectivity index (χ0n) is 18.2. The Bertz CT molecular complexity index is 1040. The van der Waals surface area contributed by atoms with Crippen LogP contribution < -0.4 is 9.47 Å². The lowest BCUT2D eigenvalue weighted by molar-refractivity contribution is 0.176. The van der Waals surface area contributed by atoms with Gasteiger partial charge in [0.1, 0.15) is 17.6 Å². The van der Waals surface area contributed by atoms with Gasteiger partial charge in [0, 0.05) is 5.92 Å². The molecule has 0 amide bonds. The monoisotopic (exact) mass is 420 g/mol. The normalized spacial score (nSPS) is 18.6. The first-order chi connectivity index (χ1) is 15.9. The van der Waals surface area contributed by atoms with Crippen molar-refractivity contribution in [3.8, 4) is 11.5 Å². The maximum atomic E-state index is 6.02. The highest BCUT2D eigenvalue weighted by Gasteiger charge is 2.21. The van der Waals surface area contributed by atoms with E-state index in [4.69, 9.17) is 9.47 Å². The van der Waals surface area contributed by atoms with E-state index in [1.165, 1.54) is 22.3 Å². The van der Waals surface area contributed by atoms with Crippen molar-refractivity contribution in [1.82, 2.24) is 0 Å². The van der Waals surface area contributed by atoms with E-state index in [0.717, 1.165) is 37.4 Å². The summed E-state index contributed by atoms with van der Waals surface area (Å²) in [5, 5.41) is 0. The highest BCUT2D eigenvalue weighted by molar-refractivity contribution is 5.38. The third kappa shape index (κ3) is 4.70. The smallest absolute Gasteiger partial charge is 0.124 e. The van der Waals surface area contributed by atoms with Crippen molar-refractivity contribution in [3.63, 3.8) is 0 Å². The molecule has 2 aliphatic rings. The highest BCUT2D eigenvalue weighted by Crippen LogP contribution is 2.34. The Morgan fingerprint density at radius 3 is 1.91 bits per heavy atom. The second-order valence-electron chi connectivity index (χ2n) is 8.39. The van der Waals surface area contributed by atoms with Crippen molar-refractivity contribution in [2.24, 2.45) is 0 Å². The molecule has 0 aliphatic carbocycles. The van der Waals surface area contributed by atoms with E-state index in [1.807, 2.05) is 18.2 Å². The highest BCUT2D eigenvalue weighted by atomic mass is 16.5. The van der Waals surface area contributed by atoms with Crippen LogP contribution >= 0.6 is 0 Å². The van der Waals surface area contributed by atoms with Gasteiger partial charge >= 0.3 is 0 Å². The van der Waals surface area contributed by atoms with E-state index in [0.29, 0.717) is 5.92 Å². The summed E-state index contributed by atoms with van der Waals surface area (Å²) in [4.78, 5) is 0. The fraction of sp³-hybridized carbons (Fsp3) is 0.200. The van der Waals surface area contributed by atoms with Crippen LogP contribution in [-0.2, 0) is 12.8 Å². The molecule has 2 nitrogen and oxygen atoms in total. The van der Waals surface area contributed by atoms with E-state index < -0.39 is 0 Å². The van der Waals surface area contributed by atoms with E-state index in [1.54, 1.807) is 0 Å². The van der Waals surface area contributed by atoms with Gasteiger partial charge in [-0.25, -0.2) is 0 Å². The molecule has 2 heteroatoms. The lowest BCUT2D eigenvalue weighted by Gasteiger charge is -2.26. The minimum Gasteiger partial charge on any atom is -0.493 e. The van der Waals surface area contributed by atoms with Gasteiger partial charge in [-0.1, -0.05) is 97.1 Å². The average molecular weight is 421 g/mol. The predicted octanol–water partition coefficient (Wildman–Crippen LogP) is 7.16. The number of aryl methyl sites for hydroxylation is 1. The first kappa shape index (κ1) is 20.4. The van der Waals surface area contributed by atoms with Crippen molar-refractivity contribution in [2.75, 3.05) is 6.61 Å². The maximum absolute atomic E-state index is 6.02. The van der Waals surface area contributed by atoms with E-state index in [-0.39, 0.29) is 6.10 Å². The molecule has 160 valence electrons. The summed E-state index contributed by atoms with van der Waals surface area (Å²) in [6.45, 7) is 0.793. The number of ether oxygens (including phenoxy) is 2. The molecule has 0 N–H and O–H groups in total. The molecule has 32 heavy (non-hydrogen) atoms. The molecule has 6 rings (SSSR count). The summed E-state index contributed by atoms with van der Waals surface area (Å²) in [5.74, 6) is 2.59. The fourth-order valence-electron chi connectivity index (χ4n) is 4.49. The van der Waals surface area contributed by atoms with Crippen LogP contribution in [0.3, 0.4) is 0 Å². The molecule has 4 aromatic rings. The molecule has 0 saturated heterocycles. The summed E-state index contributed by atoms with van der Waals surface area (Å²) >= 11 is 0. The van der Waals surface area contributed by atoms with Crippen molar-refractivity contribution in [3.05, 3.63) is 131 Å². The lowest BCUT2D eigenvalue weighted by atomic mass is 9.90. The van der Waals surface area contributed by atoms with Crippen LogP contribution in [-0.4, -0.2) is 6.61 Å². The molecule has 0 aromatic heterocycles. The second kappa shape index (κ2) is 9.74. The van der Waals surface area contributed by atoms with E-state index in [9.17, 15) is 0 Å². The standard InChI is InChI=1S/2C15H14O/c1-2-6-12(7-3-1)14-10-13-8-4-5-9-15(13)16-11-14;1-2-6-12(7-3-1)15-11-10-13-8-4-5-9-14(13)16-15/h1-9,14H,10-11H2;1-9,15H,10-11H2. The molecular weight excluding hydrogens is 392 g/mol. The Balaban J connectivity index is 0.000000135. The van der Waals surface area contributed by atoms with Crippen molar-refractivity contribution < 1.29 is 9.47 Å². The molecule has 2 aliphatic heterocycles. The molecule has 2 heterocycles. The topological polar surface area (TPSA) is 18.5 Å². The Morgan fingerprint density at radius 1 is 0.562 bits per heavy atom. The zero-order valence-corrected chi connectivity index (χ0v) is 18.2. The van der Waals surface area contributed by atoms with Gasteiger partial charge in [-0.05, 0) is 53.6 Å². The first-order valence-electron chi connectivity index (χ1n) is 11.4. The number of hydrogen-bond acceptors (Lipinski definition) is 2. The predicted molar refractivity (Wildman–Crippen MR) is 129 cm³/mol. The van der Waals surface area contributed by atoms with Gasteiger partial charge < -0.3 is 9.47 Å². The van der Waals surface area contributed by atoms with Gasteiger partial charge in [-0.3, -0.25) is 0 Å². The van der Waals surface area contributed by atoms with Crippen LogP contribution in [0.25, 0.3) is 0 Å². The largest absolute Gasteiger partial charge is 0.493 e. The Morgan fingerprint density at radius 2 is 1.16 bits per heavy atom. The number of para-hydroxylation sites is 2. The molecule has 2 unspecified atom stereocenters. The molecule has 0 saturated carbocycles. The van der Waals surface area contributed by atoms with E-state index in [2.05, 4.69) is 91.0 Å². The third-order valence-corrected chi connectivity index (χ3v) is 6.24. The van der Waals surface area contributed by atoms with Crippen LogP contribution in [0.15, 0.2) is 109 Å². The number of fused-ring (bicyclic) bond motifs is 2. The second-order valence-corrected chi connectivity index (χ2v) is 8.39. The summed E-state index contributed by atoms with van der Waals surface area (Å²) in [6.07, 6.45) is 3.48. The third-order valence-electron chi connectivity index (χ3n) is 6.24. The maximum Gasteiger partial charge on any atom is 0.124 e. The lowest BCUT2D eigenvalue weighted by Crippen LogP contribution is -2.18. The molecule has 2 atom stereocenters. The minimum atomic E-state index is 0.219. The van der Waals surface area contributed by atoms with Gasteiger partial charge in [-0.15, -0.1) is 0 Å². The molecule has 0 radical (unpaired) electrons. The summed E-state index contributed by atoms with van der Waals surface area (Å²) in [5.41, 5.74) is 5.30. The zero-order chi connectivity index (χ0) is 21.6. The Hall–Kier alpha value is -3.52. The molecule has 0 spiro atoms. The first-order valence-corrected chi connectivity index (χ1v) is 11.4. The van der Waals surface area contributed by atoms with Crippen LogP contribution in [0.2, 0.25) is 0 Å². The van der Waals surface area contributed by atoms with Crippen LogP contribution in [0.5, 0.6) is 11.5 Å². The van der Waals surface area contributed by atoms with Crippen LogP contribution in [0, 0.1) is 0 Å². The van der Waals surface area contributed by atoms with Crippen molar-refractivity contribution in [1.29, 1.82) is 0 Å². The average Bonchev–Trinajstić information content (AvgIpc) is 2.89. The van der Waals surface area contributed by atoms with Gasteiger partial charge in [0.05, 0.1) is 6.61 Å². The van der Waals surface area contributed by atoms with E-state index >= 15 is 0 Å². The molecular formula is C30H28O2. The summed E-state index contributed by atoms with van der Waals surface area (Å²) in [7, 11) is 0. The molecule has 4 aromatic carbocycles. The van der Waals surface area contributed by atoms with Crippen molar-refractivity contribution >= 4 is 0 Å². The van der Waals surface area contributed by atoms with Gasteiger partial charge in [0.2, 0.25) is 0 Å². The summed E-state index contributed by atoms with van der Waals surface area (Å²) < 4.78 is 11.8. The van der Waals surface area contributed by atoms with Crippen LogP contribution in [0.4, 0.5) is 0 Å². The fourth-order valence-corrected chi connectivity index (χ4v) is 4.49. The minimum absolute atomic E-state index is 0.219. The Kier molecular flexibility index (Phi) is 6.20. The van der Waals surface area contributed by atoms with Crippen LogP contribution in [0.1, 0.15) is 40.7 Å². The van der Waals surface area contributed by atoms with Gasteiger partial charge in [0.15, 0.2) is 0 Å². The number of rotatable bonds is 2. The van der Waals surface area contributed by atoms with Gasteiger partial charge in [0.25, 0.3) is 0 Å². The molecule has 0 fully saturated rings. The summed E-state index contributed by atoms with van der Waals surface area (Å²) in [6, 6.07) is 37.7. The Labute approximate surface area is 190 Å². The van der Waals surface area contributed by atoms with Gasteiger partial charge in [-0.2, -0.15) is 0 Å². The number of hydrogen-bond donors (Lipinski definition) is 0. The molecule has 0 bridgehead atoms. The van der Waals surface area contributed by atoms with Crippen molar-refractivity contribution in [2.45, 2.75) is 31.3 Å². The SMILES string of the molecule is c1ccc(C2CCc3ccccc3O2)cc1.c1ccc(C2COc3ccccc3C2)cc1. The number of benzene rings is 4.